The Morgan fingerprint density at radius 2 is 2.07 bits per heavy atom. The molecule has 1 saturated heterocycles. The molecule has 3 nitrogen and oxygen atoms in total. The summed E-state index contributed by atoms with van der Waals surface area (Å²) < 4.78 is 5.27. The molecule has 2 unspecified atom stereocenters. The summed E-state index contributed by atoms with van der Waals surface area (Å²) in [6.07, 6.45) is 4.07. The smallest absolute Gasteiger partial charge is 0.182 e. The lowest BCUT2D eigenvalue weighted by Crippen LogP contribution is -2.28. The lowest BCUT2D eigenvalue weighted by molar-refractivity contribution is 0.0139. The van der Waals surface area contributed by atoms with Crippen LogP contribution in [0.5, 0.6) is 0 Å². The van der Waals surface area contributed by atoms with Crippen LogP contribution in [-0.2, 0) is 4.74 Å². The fraction of sp³-hybridized carbons (Fsp3) is 0.417. The molecule has 1 aromatic carbocycles. The molecule has 0 amide bonds. The van der Waals surface area contributed by atoms with E-state index in [2.05, 4.69) is 18.3 Å². The molecule has 3 heteroatoms. The highest BCUT2D eigenvalue weighted by atomic mass is 16.5. The maximum absolute atomic E-state index is 9.10. The van der Waals surface area contributed by atoms with Gasteiger partial charge in [-0.2, -0.15) is 5.26 Å². The number of ether oxygens (including phenoxy) is 1. The Morgan fingerprint density at radius 1 is 1.33 bits per heavy atom. The van der Waals surface area contributed by atoms with E-state index in [9.17, 15) is 0 Å². The molecule has 78 valence electrons. The number of nitrogens with zero attached hydrogens (tertiary/aromatic N) is 2. The van der Waals surface area contributed by atoms with Gasteiger partial charge < -0.3 is 4.74 Å². The zero-order valence-corrected chi connectivity index (χ0v) is 8.76. The van der Waals surface area contributed by atoms with E-state index in [0.29, 0.717) is 0 Å². The van der Waals surface area contributed by atoms with Gasteiger partial charge in [0.1, 0.15) is 6.23 Å². The Hall–Kier alpha value is -1.53. The Morgan fingerprint density at radius 3 is 2.67 bits per heavy atom. The first-order chi connectivity index (χ1) is 7.36. The standard InChI is InChI=1S/C12H14N2O/c1-15-12-8-7-11(14(12)9-13)10-5-3-2-4-6-10/h2-6,11-12H,7-8H2,1H3. The second-order valence-electron chi connectivity index (χ2n) is 3.70. The minimum atomic E-state index is -0.0554. The van der Waals surface area contributed by atoms with Gasteiger partial charge in [0.15, 0.2) is 6.19 Å². The number of nitriles is 1. The van der Waals surface area contributed by atoms with Crippen LogP contribution in [0.1, 0.15) is 24.4 Å². The second kappa shape index (κ2) is 4.33. The van der Waals surface area contributed by atoms with Gasteiger partial charge in [-0.15, -0.1) is 0 Å². The fourth-order valence-electron chi connectivity index (χ4n) is 2.15. The van der Waals surface area contributed by atoms with E-state index in [1.54, 1.807) is 12.0 Å². The Bertz CT molecular complexity index is 358. The summed E-state index contributed by atoms with van der Waals surface area (Å²) in [7, 11) is 1.66. The van der Waals surface area contributed by atoms with Gasteiger partial charge in [-0.25, -0.2) is 0 Å². The number of likely N-dealkylation sites (tertiary alicyclic amines) is 1. The van der Waals surface area contributed by atoms with Crippen LogP contribution in [0.2, 0.25) is 0 Å². The average Bonchev–Trinajstić information content (AvgIpc) is 2.72. The molecule has 2 atom stereocenters. The Kier molecular flexibility index (Phi) is 2.89. The summed E-state index contributed by atoms with van der Waals surface area (Å²) in [5.41, 5.74) is 1.19. The van der Waals surface area contributed by atoms with Crippen molar-refractivity contribution < 1.29 is 4.74 Å². The zero-order chi connectivity index (χ0) is 10.7. The third-order valence-electron chi connectivity index (χ3n) is 2.90. The van der Waals surface area contributed by atoms with E-state index in [4.69, 9.17) is 10.00 Å². The highest BCUT2D eigenvalue weighted by Crippen LogP contribution is 2.35. The molecule has 0 saturated carbocycles. The predicted octanol–water partition coefficient (Wildman–Crippen LogP) is 2.28. The number of hydrogen-bond acceptors (Lipinski definition) is 3. The molecule has 0 aliphatic carbocycles. The molecule has 0 radical (unpaired) electrons. The number of methoxy groups -OCH3 is 1. The van der Waals surface area contributed by atoms with Gasteiger partial charge in [-0.05, 0) is 18.4 Å². The first-order valence-corrected chi connectivity index (χ1v) is 5.12. The van der Waals surface area contributed by atoms with E-state index in [-0.39, 0.29) is 12.3 Å². The maximum Gasteiger partial charge on any atom is 0.182 e. The van der Waals surface area contributed by atoms with E-state index in [1.165, 1.54) is 5.56 Å². The third kappa shape index (κ3) is 1.81. The van der Waals surface area contributed by atoms with E-state index in [0.717, 1.165) is 12.8 Å². The van der Waals surface area contributed by atoms with Crippen LogP contribution in [0.3, 0.4) is 0 Å². The van der Waals surface area contributed by atoms with Crippen LogP contribution in [0.4, 0.5) is 0 Å². The largest absolute Gasteiger partial charge is 0.361 e. The van der Waals surface area contributed by atoms with Crippen LogP contribution in [-0.4, -0.2) is 18.2 Å². The summed E-state index contributed by atoms with van der Waals surface area (Å²) in [6.45, 7) is 0. The van der Waals surface area contributed by atoms with Crippen LogP contribution in [0, 0.1) is 11.5 Å². The van der Waals surface area contributed by atoms with Gasteiger partial charge in [0.05, 0.1) is 6.04 Å². The molecule has 0 N–H and O–H groups in total. The van der Waals surface area contributed by atoms with Gasteiger partial charge in [-0.3, -0.25) is 4.90 Å². The van der Waals surface area contributed by atoms with Crippen molar-refractivity contribution in [3.63, 3.8) is 0 Å². The number of rotatable bonds is 2. The molecular formula is C12H14N2O. The van der Waals surface area contributed by atoms with Gasteiger partial charge in [0.25, 0.3) is 0 Å². The lowest BCUT2D eigenvalue weighted by atomic mass is 10.1. The lowest BCUT2D eigenvalue weighted by Gasteiger charge is -2.23. The SMILES string of the molecule is COC1CCC(c2ccccc2)N1C#N. The van der Waals surface area contributed by atoms with Crippen molar-refractivity contribution in [2.24, 2.45) is 0 Å². The number of hydrogen-bond donors (Lipinski definition) is 0. The average molecular weight is 202 g/mol. The number of benzene rings is 1. The quantitative estimate of drug-likeness (QED) is 0.690. The molecule has 1 aromatic rings. The van der Waals surface area contributed by atoms with Crippen molar-refractivity contribution in [2.45, 2.75) is 25.1 Å². The molecule has 1 aliphatic rings. The topological polar surface area (TPSA) is 36.3 Å². The molecule has 0 aromatic heterocycles. The van der Waals surface area contributed by atoms with Gasteiger partial charge in [-0.1, -0.05) is 30.3 Å². The normalized spacial score (nSPS) is 25.2. The summed E-state index contributed by atoms with van der Waals surface area (Å²) in [4.78, 5) is 1.75. The van der Waals surface area contributed by atoms with Crippen molar-refractivity contribution in [2.75, 3.05) is 7.11 Å². The van der Waals surface area contributed by atoms with Crippen LogP contribution in [0.25, 0.3) is 0 Å². The Balaban J connectivity index is 2.22. The van der Waals surface area contributed by atoms with Crippen molar-refractivity contribution in [1.29, 1.82) is 5.26 Å². The molecular weight excluding hydrogens is 188 g/mol. The molecule has 0 spiro atoms. The highest BCUT2D eigenvalue weighted by Gasteiger charge is 2.33. The van der Waals surface area contributed by atoms with Crippen LogP contribution >= 0.6 is 0 Å². The summed E-state index contributed by atoms with van der Waals surface area (Å²) in [6, 6.07) is 10.3. The fourth-order valence-corrected chi connectivity index (χ4v) is 2.15. The predicted molar refractivity (Wildman–Crippen MR) is 56.7 cm³/mol. The second-order valence-corrected chi connectivity index (χ2v) is 3.70. The molecule has 0 bridgehead atoms. The first-order valence-electron chi connectivity index (χ1n) is 5.12. The van der Waals surface area contributed by atoms with E-state index < -0.39 is 0 Å². The monoisotopic (exact) mass is 202 g/mol. The summed E-state index contributed by atoms with van der Waals surface area (Å²) in [5, 5.41) is 9.10. The minimum absolute atomic E-state index is 0.0554. The molecule has 2 rings (SSSR count). The maximum atomic E-state index is 9.10. The summed E-state index contributed by atoms with van der Waals surface area (Å²) in [5.74, 6) is 0. The van der Waals surface area contributed by atoms with E-state index >= 15 is 0 Å². The molecule has 1 heterocycles. The molecule has 1 aliphatic heterocycles. The van der Waals surface area contributed by atoms with E-state index in [1.807, 2.05) is 18.2 Å². The van der Waals surface area contributed by atoms with Crippen LogP contribution in [0.15, 0.2) is 30.3 Å². The highest BCUT2D eigenvalue weighted by molar-refractivity contribution is 5.21. The first kappa shape index (κ1) is 10.0. The summed E-state index contributed by atoms with van der Waals surface area (Å²) >= 11 is 0. The van der Waals surface area contributed by atoms with Gasteiger partial charge >= 0.3 is 0 Å². The van der Waals surface area contributed by atoms with Crippen molar-refractivity contribution in [3.05, 3.63) is 35.9 Å². The zero-order valence-electron chi connectivity index (χ0n) is 8.76. The van der Waals surface area contributed by atoms with Gasteiger partial charge in [0, 0.05) is 7.11 Å². The van der Waals surface area contributed by atoms with Crippen LogP contribution < -0.4 is 0 Å². The van der Waals surface area contributed by atoms with Crippen molar-refractivity contribution in [3.8, 4) is 6.19 Å². The molecule has 1 fully saturated rings. The van der Waals surface area contributed by atoms with Gasteiger partial charge in [0.2, 0.25) is 0 Å². The van der Waals surface area contributed by atoms with Crippen molar-refractivity contribution >= 4 is 0 Å². The molecule has 15 heavy (non-hydrogen) atoms. The Labute approximate surface area is 89.9 Å². The minimum Gasteiger partial charge on any atom is -0.361 e. The third-order valence-corrected chi connectivity index (χ3v) is 2.90. The van der Waals surface area contributed by atoms with Crippen molar-refractivity contribution in [1.82, 2.24) is 4.90 Å².